The maximum atomic E-state index is 9.95. The fraction of sp³-hybridized carbons (Fsp3) is 0.500. The van der Waals surface area contributed by atoms with Crippen molar-refractivity contribution in [2.75, 3.05) is 6.54 Å². The van der Waals surface area contributed by atoms with Crippen molar-refractivity contribution in [2.45, 2.75) is 29.7 Å². The normalized spacial score (nSPS) is 15.8. The van der Waals surface area contributed by atoms with E-state index in [1.807, 2.05) is 44.2 Å². The van der Waals surface area contributed by atoms with E-state index in [4.69, 9.17) is 10.5 Å². The van der Waals surface area contributed by atoms with Crippen LogP contribution in [-0.4, -0.2) is 23.5 Å². The Morgan fingerprint density at radius 1 is 1.38 bits per heavy atom. The van der Waals surface area contributed by atoms with Gasteiger partial charge in [0.15, 0.2) is 6.29 Å². The maximum Gasteiger partial charge on any atom is 0.171 e. The molecule has 0 amide bonds. The molecule has 0 aromatic heterocycles. The molecule has 0 spiro atoms. The smallest absolute Gasteiger partial charge is 0.171 e. The summed E-state index contributed by atoms with van der Waals surface area (Å²) in [5, 5.41) is 9.95. The second kappa shape index (κ2) is 5.95. The summed E-state index contributed by atoms with van der Waals surface area (Å²) in [7, 11) is 0. The minimum absolute atomic E-state index is 0.0929. The van der Waals surface area contributed by atoms with Crippen molar-refractivity contribution < 1.29 is 9.84 Å². The lowest BCUT2D eigenvalue weighted by Gasteiger charge is -2.29. The van der Waals surface area contributed by atoms with Crippen LogP contribution in [0.4, 0.5) is 0 Å². The monoisotopic (exact) mass is 335 g/mol. The predicted octanol–water partition coefficient (Wildman–Crippen LogP) is 2.24. The molecule has 4 heteroatoms. The number of hydrogen-bond acceptors (Lipinski definition) is 3. The number of alkyl halides is 1. The molecule has 0 radical (unpaired) electrons. The number of nitrogens with two attached hydrogens (primary N) is 1. The van der Waals surface area contributed by atoms with Crippen molar-refractivity contribution in [1.29, 1.82) is 0 Å². The first-order chi connectivity index (χ1) is 7.46. The van der Waals surface area contributed by atoms with Gasteiger partial charge in [-0.3, -0.25) is 0 Å². The van der Waals surface area contributed by atoms with E-state index >= 15 is 0 Å². The van der Waals surface area contributed by atoms with Gasteiger partial charge in [0, 0.05) is 6.54 Å². The van der Waals surface area contributed by atoms with Gasteiger partial charge in [-0.15, -0.1) is 0 Å². The summed E-state index contributed by atoms with van der Waals surface area (Å²) in [5.41, 5.74) is 6.10. The van der Waals surface area contributed by atoms with Gasteiger partial charge in [0.1, 0.15) is 0 Å². The van der Waals surface area contributed by atoms with E-state index < -0.39 is 11.9 Å². The lowest BCUT2D eigenvalue weighted by atomic mass is 10.1. The average Bonchev–Trinajstić information content (AvgIpc) is 2.28. The van der Waals surface area contributed by atoms with Crippen molar-refractivity contribution in [3.63, 3.8) is 0 Å². The standard InChI is InChI=1S/C12H18INO2/c1-12(2,8-14)16-11(15)10(13)9-6-4-3-5-7-9/h3-7,10-11,15H,8,14H2,1-2H3. The Bertz CT molecular complexity index is 316. The minimum atomic E-state index is -0.846. The molecule has 2 atom stereocenters. The molecule has 1 aromatic carbocycles. The summed E-state index contributed by atoms with van der Waals surface area (Å²) < 4.78 is 5.43. The molecule has 0 aliphatic heterocycles. The summed E-state index contributed by atoms with van der Waals surface area (Å²) in [6, 6.07) is 9.78. The molecule has 0 aliphatic carbocycles. The Morgan fingerprint density at radius 3 is 2.44 bits per heavy atom. The second-order valence-electron chi connectivity index (χ2n) is 4.28. The summed E-state index contributed by atoms with van der Waals surface area (Å²) >= 11 is 2.17. The van der Waals surface area contributed by atoms with Crippen molar-refractivity contribution >= 4 is 22.6 Å². The van der Waals surface area contributed by atoms with Crippen LogP contribution < -0.4 is 5.73 Å². The van der Waals surface area contributed by atoms with Crippen LogP contribution in [0, 0.1) is 0 Å². The van der Waals surface area contributed by atoms with Crippen LogP contribution in [0.2, 0.25) is 0 Å². The zero-order valence-corrected chi connectivity index (χ0v) is 11.7. The SMILES string of the molecule is CC(C)(CN)OC(O)C(I)c1ccccc1. The largest absolute Gasteiger partial charge is 0.367 e. The van der Waals surface area contributed by atoms with Gasteiger partial charge >= 0.3 is 0 Å². The van der Waals surface area contributed by atoms with Crippen LogP contribution in [0.1, 0.15) is 23.3 Å². The van der Waals surface area contributed by atoms with Crippen LogP contribution in [-0.2, 0) is 4.74 Å². The zero-order chi connectivity index (χ0) is 12.2. The Labute approximate surface area is 110 Å². The predicted molar refractivity (Wildman–Crippen MR) is 73.4 cm³/mol. The number of halogens is 1. The number of aliphatic hydroxyl groups is 1. The van der Waals surface area contributed by atoms with Gasteiger partial charge in [0.25, 0.3) is 0 Å². The highest BCUT2D eigenvalue weighted by atomic mass is 127. The van der Waals surface area contributed by atoms with Crippen LogP contribution in [0.3, 0.4) is 0 Å². The van der Waals surface area contributed by atoms with E-state index in [2.05, 4.69) is 22.6 Å². The first kappa shape index (κ1) is 13.9. The van der Waals surface area contributed by atoms with Gasteiger partial charge in [-0.25, -0.2) is 0 Å². The third kappa shape index (κ3) is 4.01. The summed E-state index contributed by atoms with van der Waals surface area (Å²) in [4.78, 5) is 0. The topological polar surface area (TPSA) is 55.5 Å². The summed E-state index contributed by atoms with van der Waals surface area (Å²) in [6.07, 6.45) is -0.846. The molecule has 16 heavy (non-hydrogen) atoms. The molecule has 0 saturated carbocycles. The van der Waals surface area contributed by atoms with Gasteiger partial charge in [0.05, 0.1) is 9.53 Å². The van der Waals surface area contributed by atoms with Gasteiger partial charge in [-0.2, -0.15) is 0 Å². The maximum absolute atomic E-state index is 9.95. The van der Waals surface area contributed by atoms with Crippen molar-refractivity contribution in [2.24, 2.45) is 5.73 Å². The van der Waals surface area contributed by atoms with Crippen LogP contribution in [0.5, 0.6) is 0 Å². The molecule has 1 rings (SSSR count). The van der Waals surface area contributed by atoms with E-state index in [-0.39, 0.29) is 3.92 Å². The average molecular weight is 335 g/mol. The van der Waals surface area contributed by atoms with E-state index in [0.717, 1.165) is 5.56 Å². The molecule has 0 aliphatic rings. The summed E-state index contributed by atoms with van der Waals surface area (Å²) in [6.45, 7) is 4.11. The first-order valence-electron chi connectivity index (χ1n) is 5.21. The molecule has 1 aromatic rings. The fourth-order valence-corrected chi connectivity index (χ4v) is 1.80. The van der Waals surface area contributed by atoms with Gasteiger partial charge < -0.3 is 15.6 Å². The lowest BCUT2D eigenvalue weighted by Crippen LogP contribution is -2.39. The zero-order valence-electron chi connectivity index (χ0n) is 9.56. The fourth-order valence-electron chi connectivity index (χ4n) is 1.24. The Balaban J connectivity index is 2.65. The van der Waals surface area contributed by atoms with Crippen molar-refractivity contribution in [3.8, 4) is 0 Å². The number of rotatable bonds is 5. The van der Waals surface area contributed by atoms with Crippen molar-refractivity contribution in [1.82, 2.24) is 0 Å². The summed E-state index contributed by atoms with van der Waals surface area (Å²) in [5.74, 6) is 0. The van der Waals surface area contributed by atoms with Crippen LogP contribution in [0.15, 0.2) is 30.3 Å². The van der Waals surface area contributed by atoms with Gasteiger partial charge in [0.2, 0.25) is 0 Å². The number of hydrogen-bond donors (Lipinski definition) is 2. The number of benzene rings is 1. The highest BCUT2D eigenvalue weighted by Crippen LogP contribution is 2.29. The third-order valence-electron chi connectivity index (χ3n) is 2.30. The van der Waals surface area contributed by atoms with E-state index in [1.54, 1.807) is 0 Å². The molecule has 3 nitrogen and oxygen atoms in total. The molecule has 2 unspecified atom stereocenters. The third-order valence-corrected chi connectivity index (χ3v) is 3.63. The Hall–Kier alpha value is -0.170. The Morgan fingerprint density at radius 2 is 1.94 bits per heavy atom. The quantitative estimate of drug-likeness (QED) is 0.493. The lowest BCUT2D eigenvalue weighted by molar-refractivity contribution is -0.166. The minimum Gasteiger partial charge on any atom is -0.367 e. The molecule has 0 heterocycles. The molecule has 0 saturated heterocycles. The second-order valence-corrected chi connectivity index (χ2v) is 5.63. The Kier molecular flexibility index (Phi) is 5.17. The highest BCUT2D eigenvalue weighted by molar-refractivity contribution is 14.1. The van der Waals surface area contributed by atoms with Crippen LogP contribution >= 0.6 is 22.6 Å². The highest BCUT2D eigenvalue weighted by Gasteiger charge is 2.26. The van der Waals surface area contributed by atoms with Gasteiger partial charge in [-0.1, -0.05) is 52.9 Å². The van der Waals surface area contributed by atoms with Crippen LogP contribution in [0.25, 0.3) is 0 Å². The first-order valence-corrected chi connectivity index (χ1v) is 6.46. The van der Waals surface area contributed by atoms with Crippen molar-refractivity contribution in [3.05, 3.63) is 35.9 Å². The molecule has 3 N–H and O–H groups in total. The molecular formula is C12H18INO2. The van der Waals surface area contributed by atoms with E-state index in [0.29, 0.717) is 6.54 Å². The van der Waals surface area contributed by atoms with E-state index in [9.17, 15) is 5.11 Å². The molecular weight excluding hydrogens is 317 g/mol. The molecule has 0 fully saturated rings. The number of ether oxygens (including phenoxy) is 1. The molecule has 0 bridgehead atoms. The molecule has 90 valence electrons. The van der Waals surface area contributed by atoms with Gasteiger partial charge in [-0.05, 0) is 19.4 Å². The number of aliphatic hydroxyl groups excluding tert-OH is 1. The van der Waals surface area contributed by atoms with E-state index in [1.165, 1.54) is 0 Å².